The van der Waals surface area contributed by atoms with Crippen molar-refractivity contribution in [3.63, 3.8) is 0 Å². The van der Waals surface area contributed by atoms with E-state index in [0.29, 0.717) is 17.7 Å². The van der Waals surface area contributed by atoms with Crippen LogP contribution in [-0.4, -0.2) is 59.9 Å². The molecule has 0 aliphatic carbocycles. The molecule has 2 aromatic rings. The van der Waals surface area contributed by atoms with Crippen LogP contribution in [0.4, 0.5) is 0 Å². The third kappa shape index (κ3) is 7.18. The molecule has 0 radical (unpaired) electrons. The molecule has 32 heavy (non-hydrogen) atoms. The fraction of sp³-hybridized carbons (Fsp3) is 0.462. The van der Waals surface area contributed by atoms with E-state index < -0.39 is 0 Å². The predicted octanol–water partition coefficient (Wildman–Crippen LogP) is 3.28. The fourth-order valence-corrected chi connectivity index (χ4v) is 3.75. The van der Waals surface area contributed by atoms with Gasteiger partial charge in [-0.2, -0.15) is 0 Å². The van der Waals surface area contributed by atoms with Crippen LogP contribution in [0.15, 0.2) is 48.5 Å². The largest absolute Gasteiger partial charge is 0.348 e. The second-order valence-corrected chi connectivity index (χ2v) is 9.49. The minimum atomic E-state index is -0.299. The van der Waals surface area contributed by atoms with E-state index in [-0.39, 0.29) is 17.4 Å². The number of amides is 2. The topological polar surface area (TPSA) is 64.7 Å². The van der Waals surface area contributed by atoms with Gasteiger partial charge in [0, 0.05) is 55.9 Å². The Kier molecular flexibility index (Phi) is 8.04. The summed E-state index contributed by atoms with van der Waals surface area (Å²) in [6, 6.07) is 15.2. The summed E-state index contributed by atoms with van der Waals surface area (Å²) in [5.74, 6) is -0.289. The van der Waals surface area contributed by atoms with Crippen molar-refractivity contribution in [1.29, 1.82) is 0 Å². The molecule has 6 nitrogen and oxygen atoms in total. The van der Waals surface area contributed by atoms with Crippen molar-refractivity contribution in [2.45, 2.75) is 46.3 Å². The van der Waals surface area contributed by atoms with E-state index in [1.54, 1.807) is 24.3 Å². The van der Waals surface area contributed by atoms with Crippen molar-refractivity contribution < 1.29 is 9.59 Å². The van der Waals surface area contributed by atoms with E-state index >= 15 is 0 Å². The van der Waals surface area contributed by atoms with Crippen LogP contribution in [0.3, 0.4) is 0 Å². The molecule has 1 heterocycles. The normalized spacial score (nSPS) is 15.4. The van der Waals surface area contributed by atoms with Gasteiger partial charge in [-0.1, -0.05) is 31.2 Å². The highest BCUT2D eigenvalue weighted by molar-refractivity contribution is 5.98. The highest BCUT2D eigenvalue weighted by Crippen LogP contribution is 2.11. The number of nitrogens with zero attached hydrogens (tertiary/aromatic N) is 2. The van der Waals surface area contributed by atoms with Crippen molar-refractivity contribution in [3.05, 3.63) is 70.8 Å². The quantitative estimate of drug-likeness (QED) is 0.699. The molecule has 1 fully saturated rings. The Morgan fingerprint density at radius 3 is 1.81 bits per heavy atom. The summed E-state index contributed by atoms with van der Waals surface area (Å²) < 4.78 is 0. The molecule has 2 N–H and O–H groups in total. The molecule has 1 aliphatic heterocycles. The van der Waals surface area contributed by atoms with Gasteiger partial charge >= 0.3 is 0 Å². The van der Waals surface area contributed by atoms with Crippen LogP contribution >= 0.6 is 0 Å². The number of hydrogen-bond donors (Lipinski definition) is 2. The maximum Gasteiger partial charge on any atom is 0.251 e. The van der Waals surface area contributed by atoms with Gasteiger partial charge in [0.25, 0.3) is 11.8 Å². The van der Waals surface area contributed by atoms with Crippen LogP contribution < -0.4 is 10.6 Å². The van der Waals surface area contributed by atoms with Crippen molar-refractivity contribution >= 4 is 11.8 Å². The Morgan fingerprint density at radius 2 is 1.28 bits per heavy atom. The molecule has 2 aromatic carbocycles. The number of hydrogen-bond acceptors (Lipinski definition) is 4. The van der Waals surface area contributed by atoms with E-state index in [1.165, 1.54) is 5.56 Å². The molecule has 0 spiro atoms. The first kappa shape index (κ1) is 24.0. The Balaban J connectivity index is 1.47. The van der Waals surface area contributed by atoms with Crippen molar-refractivity contribution in [2.75, 3.05) is 32.7 Å². The standard InChI is InChI=1S/C26H36N4O2/c1-5-29-14-16-30(17-15-29)19-21-8-6-20(7-9-21)18-27-24(31)22-10-12-23(13-11-22)25(32)28-26(2,3)4/h6-13H,5,14-19H2,1-4H3,(H,27,31)(H,28,32). The number of piperazine rings is 1. The Hall–Kier alpha value is -2.70. The lowest BCUT2D eigenvalue weighted by Crippen LogP contribution is -2.45. The average molecular weight is 437 g/mol. The minimum absolute atomic E-state index is 0.142. The smallest absolute Gasteiger partial charge is 0.251 e. The second-order valence-electron chi connectivity index (χ2n) is 9.49. The lowest BCUT2D eigenvalue weighted by Gasteiger charge is -2.34. The van der Waals surface area contributed by atoms with Gasteiger partial charge in [-0.05, 0) is 62.7 Å². The van der Waals surface area contributed by atoms with Gasteiger partial charge in [0.1, 0.15) is 0 Å². The summed E-state index contributed by atoms with van der Waals surface area (Å²) in [6.07, 6.45) is 0. The summed E-state index contributed by atoms with van der Waals surface area (Å²) in [6.45, 7) is 15.1. The third-order valence-corrected chi connectivity index (χ3v) is 5.69. The molecule has 6 heteroatoms. The molecule has 0 unspecified atom stereocenters. The zero-order chi connectivity index (χ0) is 23.1. The lowest BCUT2D eigenvalue weighted by atomic mass is 10.1. The monoisotopic (exact) mass is 436 g/mol. The first-order valence-corrected chi connectivity index (χ1v) is 11.5. The Bertz CT molecular complexity index is 893. The van der Waals surface area contributed by atoms with Gasteiger partial charge in [0.15, 0.2) is 0 Å². The highest BCUT2D eigenvalue weighted by atomic mass is 16.2. The lowest BCUT2D eigenvalue weighted by molar-refractivity contribution is 0.0915. The van der Waals surface area contributed by atoms with E-state index in [1.807, 2.05) is 20.8 Å². The maximum absolute atomic E-state index is 12.5. The van der Waals surface area contributed by atoms with Crippen LogP contribution in [-0.2, 0) is 13.1 Å². The second kappa shape index (κ2) is 10.7. The van der Waals surface area contributed by atoms with Gasteiger partial charge in [0.2, 0.25) is 0 Å². The summed E-state index contributed by atoms with van der Waals surface area (Å²) in [4.78, 5) is 29.7. The van der Waals surface area contributed by atoms with Crippen LogP contribution in [0.25, 0.3) is 0 Å². The number of carbonyl (C=O) groups is 2. The van der Waals surface area contributed by atoms with Gasteiger partial charge in [-0.25, -0.2) is 0 Å². The first-order chi connectivity index (χ1) is 15.2. The van der Waals surface area contributed by atoms with Gasteiger partial charge in [-0.3, -0.25) is 14.5 Å². The van der Waals surface area contributed by atoms with E-state index in [4.69, 9.17) is 0 Å². The number of nitrogens with one attached hydrogen (secondary N) is 2. The zero-order valence-corrected chi connectivity index (χ0v) is 19.8. The van der Waals surface area contributed by atoms with E-state index in [0.717, 1.165) is 44.8 Å². The molecular weight excluding hydrogens is 400 g/mol. The summed E-state index contributed by atoms with van der Waals surface area (Å²) in [5.41, 5.74) is 3.16. The molecule has 1 saturated heterocycles. The summed E-state index contributed by atoms with van der Waals surface area (Å²) in [5, 5.41) is 5.88. The van der Waals surface area contributed by atoms with Gasteiger partial charge in [-0.15, -0.1) is 0 Å². The highest BCUT2D eigenvalue weighted by Gasteiger charge is 2.16. The van der Waals surface area contributed by atoms with Gasteiger partial charge in [0.05, 0.1) is 0 Å². The van der Waals surface area contributed by atoms with E-state index in [2.05, 4.69) is 51.6 Å². The molecule has 0 atom stereocenters. The maximum atomic E-state index is 12.5. The molecular formula is C26H36N4O2. The van der Waals surface area contributed by atoms with Gasteiger partial charge < -0.3 is 15.5 Å². The SMILES string of the molecule is CCN1CCN(Cc2ccc(CNC(=O)c3ccc(C(=O)NC(C)(C)C)cc3)cc2)CC1. The number of likely N-dealkylation sites (N-methyl/N-ethyl adjacent to an activating group) is 1. The Morgan fingerprint density at radius 1 is 0.781 bits per heavy atom. The van der Waals surface area contributed by atoms with E-state index in [9.17, 15) is 9.59 Å². The molecule has 0 bridgehead atoms. The molecule has 0 saturated carbocycles. The molecule has 2 amide bonds. The molecule has 0 aromatic heterocycles. The summed E-state index contributed by atoms with van der Waals surface area (Å²) >= 11 is 0. The molecule has 1 aliphatic rings. The molecule has 3 rings (SSSR count). The van der Waals surface area contributed by atoms with Crippen molar-refractivity contribution in [2.24, 2.45) is 0 Å². The molecule has 172 valence electrons. The van der Waals surface area contributed by atoms with Crippen molar-refractivity contribution in [1.82, 2.24) is 20.4 Å². The van der Waals surface area contributed by atoms with Crippen LogP contribution in [0.1, 0.15) is 59.5 Å². The third-order valence-electron chi connectivity index (χ3n) is 5.69. The van der Waals surface area contributed by atoms with Crippen LogP contribution in [0.5, 0.6) is 0 Å². The number of rotatable bonds is 7. The average Bonchev–Trinajstić information content (AvgIpc) is 2.78. The van der Waals surface area contributed by atoms with Crippen LogP contribution in [0.2, 0.25) is 0 Å². The van der Waals surface area contributed by atoms with Crippen LogP contribution in [0, 0.1) is 0 Å². The predicted molar refractivity (Wildman–Crippen MR) is 129 cm³/mol. The Labute approximate surface area is 192 Å². The summed E-state index contributed by atoms with van der Waals surface area (Å²) in [7, 11) is 0. The number of carbonyl (C=O) groups excluding carboxylic acids is 2. The minimum Gasteiger partial charge on any atom is -0.348 e. The van der Waals surface area contributed by atoms with Crippen molar-refractivity contribution in [3.8, 4) is 0 Å². The first-order valence-electron chi connectivity index (χ1n) is 11.5. The zero-order valence-electron chi connectivity index (χ0n) is 19.8. The number of benzene rings is 2. The fourth-order valence-electron chi connectivity index (χ4n) is 3.75.